The van der Waals surface area contributed by atoms with Gasteiger partial charge in [-0.05, 0) is 39.5 Å². The van der Waals surface area contributed by atoms with E-state index in [9.17, 15) is 8.42 Å². The van der Waals surface area contributed by atoms with Crippen LogP contribution in [-0.4, -0.2) is 43.5 Å². The largest absolute Gasteiger partial charge is 0.356 e. The fourth-order valence-electron chi connectivity index (χ4n) is 2.75. The first-order valence-corrected chi connectivity index (χ1v) is 9.11. The summed E-state index contributed by atoms with van der Waals surface area (Å²) in [4.78, 5) is 11.1. The lowest BCUT2D eigenvalue weighted by Gasteiger charge is -2.29. The molecule has 1 unspecified atom stereocenters. The average Bonchev–Trinajstić information content (AvgIpc) is 2.34. The van der Waals surface area contributed by atoms with Crippen molar-refractivity contribution in [3.63, 3.8) is 0 Å². The average molecular weight is 297 g/mol. The fourth-order valence-corrected chi connectivity index (χ4v) is 3.85. The van der Waals surface area contributed by atoms with E-state index in [1.807, 2.05) is 25.8 Å². The van der Waals surface area contributed by atoms with Crippen LogP contribution < -0.4 is 4.90 Å². The summed E-state index contributed by atoms with van der Waals surface area (Å²) in [5, 5.41) is 0. The van der Waals surface area contributed by atoms with Crippen LogP contribution in [0.5, 0.6) is 0 Å². The van der Waals surface area contributed by atoms with Crippen LogP contribution in [0.3, 0.4) is 0 Å². The molecule has 1 aromatic heterocycles. The summed E-state index contributed by atoms with van der Waals surface area (Å²) in [6, 6.07) is -0.0923. The Balaban J connectivity index is 2.34. The molecular weight excluding hydrogens is 274 g/mol. The predicted octanol–water partition coefficient (Wildman–Crippen LogP) is 1.53. The van der Waals surface area contributed by atoms with E-state index in [2.05, 4.69) is 9.97 Å². The van der Waals surface area contributed by atoms with Gasteiger partial charge in [0, 0.05) is 30.6 Å². The molecule has 0 saturated heterocycles. The molecule has 2 rings (SSSR count). The van der Waals surface area contributed by atoms with Gasteiger partial charge in [0.2, 0.25) is 0 Å². The van der Waals surface area contributed by atoms with Crippen LogP contribution in [0.4, 0.5) is 5.82 Å². The molecule has 112 valence electrons. The smallest absolute Gasteiger partial charge is 0.149 e. The third kappa shape index (κ3) is 3.48. The monoisotopic (exact) mass is 297 g/mol. The van der Waals surface area contributed by atoms with Crippen molar-refractivity contribution in [3.05, 3.63) is 17.1 Å². The molecule has 0 amide bonds. The molecular formula is C14H23N3O2S. The summed E-state index contributed by atoms with van der Waals surface area (Å²) < 4.78 is 22.9. The van der Waals surface area contributed by atoms with Crippen LogP contribution in [-0.2, 0) is 22.7 Å². The Kier molecular flexibility index (Phi) is 4.32. The van der Waals surface area contributed by atoms with Gasteiger partial charge >= 0.3 is 0 Å². The highest BCUT2D eigenvalue weighted by Crippen LogP contribution is 2.28. The van der Waals surface area contributed by atoms with E-state index in [1.54, 1.807) is 0 Å². The molecule has 1 aliphatic rings. The predicted molar refractivity (Wildman–Crippen MR) is 81.0 cm³/mol. The van der Waals surface area contributed by atoms with E-state index in [-0.39, 0.29) is 11.8 Å². The van der Waals surface area contributed by atoms with Gasteiger partial charge < -0.3 is 4.90 Å². The van der Waals surface area contributed by atoms with Crippen LogP contribution in [0, 0.1) is 6.92 Å². The van der Waals surface area contributed by atoms with E-state index >= 15 is 0 Å². The van der Waals surface area contributed by atoms with Gasteiger partial charge in [-0.2, -0.15) is 0 Å². The van der Waals surface area contributed by atoms with Crippen molar-refractivity contribution in [2.75, 3.05) is 24.0 Å². The molecule has 20 heavy (non-hydrogen) atoms. The van der Waals surface area contributed by atoms with Gasteiger partial charge in [0.15, 0.2) is 0 Å². The second kappa shape index (κ2) is 5.68. The van der Waals surface area contributed by atoms with Crippen molar-refractivity contribution in [2.45, 2.75) is 45.6 Å². The van der Waals surface area contributed by atoms with Crippen LogP contribution in [0.15, 0.2) is 0 Å². The summed E-state index contributed by atoms with van der Waals surface area (Å²) in [6.45, 7) is 3.82. The molecule has 0 bridgehead atoms. The Morgan fingerprint density at radius 1 is 1.25 bits per heavy atom. The molecule has 0 radical (unpaired) electrons. The standard InChI is InChI=1S/C14H23N3O2S/c1-10(9-20(4,18)19)17(3)14-12-7-5-6-8-13(12)15-11(2)16-14/h10H,5-9H2,1-4H3. The highest BCUT2D eigenvalue weighted by molar-refractivity contribution is 7.90. The first kappa shape index (κ1) is 15.2. The highest BCUT2D eigenvalue weighted by Gasteiger charge is 2.23. The van der Waals surface area contributed by atoms with Crippen LogP contribution in [0.25, 0.3) is 0 Å². The van der Waals surface area contributed by atoms with E-state index in [0.717, 1.165) is 36.6 Å². The van der Waals surface area contributed by atoms with Gasteiger partial charge in [0.05, 0.1) is 5.75 Å². The molecule has 1 aromatic rings. The lowest BCUT2D eigenvalue weighted by Crippen LogP contribution is -2.36. The number of anilines is 1. The van der Waals surface area contributed by atoms with Gasteiger partial charge in [0.25, 0.3) is 0 Å². The van der Waals surface area contributed by atoms with E-state index in [0.29, 0.717) is 0 Å². The summed E-state index contributed by atoms with van der Waals surface area (Å²) in [5.41, 5.74) is 2.34. The Morgan fingerprint density at radius 2 is 1.90 bits per heavy atom. The number of hydrogen-bond donors (Lipinski definition) is 0. The van der Waals surface area contributed by atoms with Crippen molar-refractivity contribution in [2.24, 2.45) is 0 Å². The Labute approximate surface area is 121 Å². The third-order valence-electron chi connectivity index (χ3n) is 3.81. The number of aryl methyl sites for hydroxylation is 2. The van der Waals surface area contributed by atoms with Gasteiger partial charge in [-0.25, -0.2) is 18.4 Å². The maximum absolute atomic E-state index is 11.5. The summed E-state index contributed by atoms with van der Waals surface area (Å²) in [5.74, 6) is 1.81. The van der Waals surface area contributed by atoms with E-state index < -0.39 is 9.84 Å². The Hall–Kier alpha value is -1.17. The van der Waals surface area contributed by atoms with Gasteiger partial charge in [-0.1, -0.05) is 0 Å². The maximum atomic E-state index is 11.5. The number of fused-ring (bicyclic) bond motifs is 1. The number of rotatable bonds is 4. The van der Waals surface area contributed by atoms with Crippen LogP contribution in [0.1, 0.15) is 36.8 Å². The summed E-state index contributed by atoms with van der Waals surface area (Å²) >= 11 is 0. The highest BCUT2D eigenvalue weighted by atomic mass is 32.2. The minimum Gasteiger partial charge on any atom is -0.356 e. The van der Waals surface area contributed by atoms with Crippen molar-refractivity contribution in [1.29, 1.82) is 0 Å². The molecule has 0 aliphatic heterocycles. The molecule has 5 nitrogen and oxygen atoms in total. The van der Waals surface area contributed by atoms with Crippen molar-refractivity contribution >= 4 is 15.7 Å². The van der Waals surface area contributed by atoms with Crippen LogP contribution in [0.2, 0.25) is 0 Å². The van der Waals surface area contributed by atoms with Gasteiger partial charge in [0.1, 0.15) is 21.5 Å². The summed E-state index contributed by atoms with van der Waals surface area (Å²) in [7, 11) is -1.07. The molecule has 1 heterocycles. The Morgan fingerprint density at radius 3 is 2.55 bits per heavy atom. The number of sulfone groups is 1. The normalized spacial score (nSPS) is 16.6. The van der Waals surface area contributed by atoms with Crippen molar-refractivity contribution < 1.29 is 8.42 Å². The number of nitrogens with zero attached hydrogens (tertiary/aromatic N) is 3. The zero-order chi connectivity index (χ0) is 14.9. The zero-order valence-electron chi connectivity index (χ0n) is 12.7. The molecule has 1 atom stereocenters. The van der Waals surface area contributed by atoms with Gasteiger partial charge in [-0.15, -0.1) is 0 Å². The topological polar surface area (TPSA) is 63.2 Å². The Bertz CT molecular complexity index is 599. The zero-order valence-corrected chi connectivity index (χ0v) is 13.5. The number of hydrogen-bond acceptors (Lipinski definition) is 5. The number of aromatic nitrogens is 2. The minimum absolute atomic E-state index is 0.0923. The first-order chi connectivity index (χ1) is 9.28. The lowest BCUT2D eigenvalue weighted by atomic mass is 9.96. The molecule has 0 fully saturated rings. The first-order valence-electron chi connectivity index (χ1n) is 7.05. The van der Waals surface area contributed by atoms with Crippen molar-refractivity contribution in [3.8, 4) is 0 Å². The van der Waals surface area contributed by atoms with Crippen LogP contribution >= 0.6 is 0 Å². The molecule has 0 aromatic carbocycles. The third-order valence-corrected chi connectivity index (χ3v) is 4.90. The summed E-state index contributed by atoms with van der Waals surface area (Å²) in [6.07, 6.45) is 5.59. The van der Waals surface area contributed by atoms with E-state index in [1.165, 1.54) is 18.2 Å². The van der Waals surface area contributed by atoms with Gasteiger partial charge in [-0.3, -0.25) is 0 Å². The minimum atomic E-state index is -2.99. The quantitative estimate of drug-likeness (QED) is 0.843. The lowest BCUT2D eigenvalue weighted by molar-refractivity contribution is 0.591. The molecule has 0 saturated carbocycles. The second-order valence-electron chi connectivity index (χ2n) is 5.78. The molecule has 0 N–H and O–H groups in total. The molecule has 1 aliphatic carbocycles. The maximum Gasteiger partial charge on any atom is 0.149 e. The van der Waals surface area contributed by atoms with Crippen molar-refractivity contribution in [1.82, 2.24) is 9.97 Å². The second-order valence-corrected chi connectivity index (χ2v) is 7.96. The van der Waals surface area contributed by atoms with E-state index in [4.69, 9.17) is 0 Å². The molecule has 0 spiro atoms. The SMILES string of the molecule is Cc1nc2c(c(N(C)C(C)CS(C)(=O)=O)n1)CCCC2. The molecule has 6 heteroatoms. The fraction of sp³-hybridized carbons (Fsp3) is 0.714.